The number of amides is 1. The zero-order valence-corrected chi connectivity index (χ0v) is 10.8. The highest BCUT2D eigenvalue weighted by atomic mass is 32.2. The van der Waals surface area contributed by atoms with Crippen molar-refractivity contribution in [3.8, 4) is 0 Å². The third-order valence-electron chi connectivity index (χ3n) is 2.56. The van der Waals surface area contributed by atoms with Crippen LogP contribution in [0.1, 0.15) is 19.8 Å². The van der Waals surface area contributed by atoms with Gasteiger partial charge in [0, 0.05) is 35.8 Å². The second-order valence-corrected chi connectivity index (χ2v) is 5.45. The van der Waals surface area contributed by atoms with E-state index in [9.17, 15) is 4.79 Å². The molecule has 0 unspecified atom stereocenters. The molecule has 1 aliphatic rings. The Hall–Kier alpha value is -1.00. The van der Waals surface area contributed by atoms with E-state index in [0.29, 0.717) is 0 Å². The van der Waals surface area contributed by atoms with Crippen molar-refractivity contribution in [2.75, 3.05) is 17.6 Å². The average Bonchev–Trinajstić information content (AvgIpc) is 3.10. The van der Waals surface area contributed by atoms with Gasteiger partial charge in [-0.3, -0.25) is 4.79 Å². The Morgan fingerprint density at radius 3 is 2.65 bits per heavy atom. The first-order valence-corrected chi connectivity index (χ1v) is 6.96. The predicted molar refractivity (Wildman–Crippen MR) is 72.5 cm³/mol. The van der Waals surface area contributed by atoms with Gasteiger partial charge in [-0.2, -0.15) is 0 Å². The number of thioether (sulfide) groups is 1. The third-order valence-corrected chi connectivity index (χ3v) is 3.57. The number of nitrogens with one attached hydrogen (secondary N) is 2. The first-order chi connectivity index (χ1) is 8.24. The number of rotatable bonds is 6. The smallest absolute Gasteiger partial charge is 0.221 e. The maximum atomic E-state index is 10.9. The van der Waals surface area contributed by atoms with E-state index in [-0.39, 0.29) is 5.91 Å². The van der Waals surface area contributed by atoms with Crippen molar-refractivity contribution in [2.24, 2.45) is 0 Å². The van der Waals surface area contributed by atoms with Crippen LogP contribution in [-0.2, 0) is 4.79 Å². The summed E-state index contributed by atoms with van der Waals surface area (Å²) in [6.45, 7) is 2.59. The van der Waals surface area contributed by atoms with E-state index < -0.39 is 0 Å². The first-order valence-electron chi connectivity index (χ1n) is 5.98. The van der Waals surface area contributed by atoms with Crippen molar-refractivity contribution in [3.63, 3.8) is 0 Å². The fraction of sp³-hybridized carbons (Fsp3) is 0.462. The Bertz CT molecular complexity index is 374. The minimum atomic E-state index is -0.0287. The van der Waals surface area contributed by atoms with Crippen molar-refractivity contribution < 1.29 is 4.79 Å². The first kappa shape index (κ1) is 12.5. The number of carbonyl (C=O) groups is 1. The van der Waals surface area contributed by atoms with Crippen LogP contribution in [0.15, 0.2) is 29.2 Å². The normalized spacial score (nSPS) is 14.6. The van der Waals surface area contributed by atoms with Crippen molar-refractivity contribution in [1.29, 1.82) is 0 Å². The third kappa shape index (κ3) is 4.79. The van der Waals surface area contributed by atoms with Crippen LogP contribution in [0.4, 0.5) is 5.69 Å². The molecule has 1 fully saturated rings. The van der Waals surface area contributed by atoms with Crippen molar-refractivity contribution in [2.45, 2.75) is 30.7 Å². The fourth-order valence-electron chi connectivity index (χ4n) is 1.56. The van der Waals surface area contributed by atoms with E-state index in [2.05, 4.69) is 10.6 Å². The molecule has 2 N–H and O–H groups in total. The molecule has 1 aromatic rings. The Morgan fingerprint density at radius 2 is 2.06 bits per heavy atom. The summed E-state index contributed by atoms with van der Waals surface area (Å²) < 4.78 is 0. The molecular weight excluding hydrogens is 232 g/mol. The minimum Gasteiger partial charge on any atom is -0.326 e. The Balaban J connectivity index is 1.70. The van der Waals surface area contributed by atoms with Gasteiger partial charge in [0.05, 0.1) is 0 Å². The molecule has 1 amide bonds. The zero-order chi connectivity index (χ0) is 12.1. The van der Waals surface area contributed by atoms with Crippen molar-refractivity contribution in [3.05, 3.63) is 24.3 Å². The summed E-state index contributed by atoms with van der Waals surface area (Å²) in [7, 11) is 0. The van der Waals surface area contributed by atoms with E-state index in [1.165, 1.54) is 24.7 Å². The largest absolute Gasteiger partial charge is 0.326 e. The highest BCUT2D eigenvalue weighted by molar-refractivity contribution is 7.99. The van der Waals surface area contributed by atoms with Crippen molar-refractivity contribution in [1.82, 2.24) is 5.32 Å². The van der Waals surface area contributed by atoms with Gasteiger partial charge in [0.25, 0.3) is 0 Å². The monoisotopic (exact) mass is 250 g/mol. The summed E-state index contributed by atoms with van der Waals surface area (Å²) in [6, 6.07) is 8.77. The summed E-state index contributed by atoms with van der Waals surface area (Å²) >= 11 is 1.84. The second kappa shape index (κ2) is 6.07. The summed E-state index contributed by atoms with van der Waals surface area (Å²) in [4.78, 5) is 12.1. The number of hydrogen-bond donors (Lipinski definition) is 2. The highest BCUT2D eigenvalue weighted by Crippen LogP contribution is 2.21. The van der Waals surface area contributed by atoms with Gasteiger partial charge in [-0.05, 0) is 37.1 Å². The summed E-state index contributed by atoms with van der Waals surface area (Å²) in [6.07, 6.45) is 2.69. The van der Waals surface area contributed by atoms with E-state index in [4.69, 9.17) is 0 Å². The molecule has 0 spiro atoms. The van der Waals surface area contributed by atoms with Crippen LogP contribution >= 0.6 is 11.8 Å². The lowest BCUT2D eigenvalue weighted by atomic mass is 10.3. The molecule has 0 aliphatic heterocycles. The summed E-state index contributed by atoms with van der Waals surface area (Å²) in [5, 5.41) is 6.25. The minimum absolute atomic E-state index is 0.0287. The molecule has 1 aromatic carbocycles. The quantitative estimate of drug-likeness (QED) is 0.602. The Labute approximate surface area is 106 Å². The summed E-state index contributed by atoms with van der Waals surface area (Å²) in [5.74, 6) is 1.06. The molecule has 0 aromatic heterocycles. The SMILES string of the molecule is CC(=O)Nc1ccc(SCCNC2CC2)cc1. The molecule has 0 bridgehead atoms. The van der Waals surface area contributed by atoms with E-state index in [0.717, 1.165) is 24.0 Å². The standard InChI is InChI=1S/C13H18N2OS/c1-10(16)15-12-4-6-13(7-5-12)17-9-8-14-11-2-3-11/h4-7,11,14H,2-3,8-9H2,1H3,(H,15,16). The molecule has 1 aliphatic carbocycles. The maximum Gasteiger partial charge on any atom is 0.221 e. The molecule has 92 valence electrons. The van der Waals surface area contributed by atoms with Crippen LogP contribution in [0.25, 0.3) is 0 Å². The van der Waals surface area contributed by atoms with Gasteiger partial charge >= 0.3 is 0 Å². The zero-order valence-electron chi connectivity index (χ0n) is 10.0. The Kier molecular flexibility index (Phi) is 4.45. The molecule has 0 saturated heterocycles. The molecule has 0 atom stereocenters. The van der Waals surface area contributed by atoms with Gasteiger partial charge < -0.3 is 10.6 Å². The van der Waals surface area contributed by atoms with E-state index >= 15 is 0 Å². The van der Waals surface area contributed by atoms with Gasteiger partial charge in [-0.25, -0.2) is 0 Å². The van der Waals surface area contributed by atoms with Crippen LogP contribution in [0.3, 0.4) is 0 Å². The number of hydrogen-bond acceptors (Lipinski definition) is 3. The van der Waals surface area contributed by atoms with Gasteiger partial charge in [0.1, 0.15) is 0 Å². The lowest BCUT2D eigenvalue weighted by Gasteiger charge is -2.05. The maximum absolute atomic E-state index is 10.9. The van der Waals surface area contributed by atoms with Crippen LogP contribution in [-0.4, -0.2) is 24.2 Å². The molecular formula is C13H18N2OS. The van der Waals surface area contributed by atoms with Crippen molar-refractivity contribution >= 4 is 23.4 Å². The van der Waals surface area contributed by atoms with Gasteiger partial charge in [-0.15, -0.1) is 11.8 Å². The van der Waals surface area contributed by atoms with E-state index in [1.807, 2.05) is 36.0 Å². The molecule has 0 heterocycles. The molecule has 4 heteroatoms. The molecule has 3 nitrogen and oxygen atoms in total. The highest BCUT2D eigenvalue weighted by Gasteiger charge is 2.19. The lowest BCUT2D eigenvalue weighted by Crippen LogP contribution is -2.18. The topological polar surface area (TPSA) is 41.1 Å². The van der Waals surface area contributed by atoms with Crippen LogP contribution in [0, 0.1) is 0 Å². The Morgan fingerprint density at radius 1 is 1.35 bits per heavy atom. The van der Waals surface area contributed by atoms with E-state index in [1.54, 1.807) is 0 Å². The number of anilines is 1. The van der Waals surface area contributed by atoms with Gasteiger partial charge in [0.2, 0.25) is 5.91 Å². The predicted octanol–water partition coefficient (Wildman–Crippen LogP) is 2.49. The fourth-order valence-corrected chi connectivity index (χ4v) is 2.34. The molecule has 1 saturated carbocycles. The lowest BCUT2D eigenvalue weighted by molar-refractivity contribution is -0.114. The van der Waals surface area contributed by atoms with Crippen LogP contribution < -0.4 is 10.6 Å². The second-order valence-electron chi connectivity index (χ2n) is 4.28. The molecule has 0 radical (unpaired) electrons. The van der Waals surface area contributed by atoms with Crippen LogP contribution in [0.2, 0.25) is 0 Å². The van der Waals surface area contributed by atoms with Crippen LogP contribution in [0.5, 0.6) is 0 Å². The molecule has 2 rings (SSSR count). The average molecular weight is 250 g/mol. The number of carbonyl (C=O) groups excluding carboxylic acids is 1. The number of benzene rings is 1. The molecule has 17 heavy (non-hydrogen) atoms. The van der Waals surface area contributed by atoms with Gasteiger partial charge in [-0.1, -0.05) is 0 Å². The van der Waals surface area contributed by atoms with Gasteiger partial charge in [0.15, 0.2) is 0 Å². The summed E-state index contributed by atoms with van der Waals surface area (Å²) in [5.41, 5.74) is 0.859.